The number of esters is 1. The molecule has 0 aromatic carbocycles. The monoisotopic (exact) mass is 304 g/mol. The second-order valence-electron chi connectivity index (χ2n) is 3.46. The summed E-state index contributed by atoms with van der Waals surface area (Å²) in [6, 6.07) is 0. The van der Waals surface area contributed by atoms with E-state index in [0.717, 1.165) is 24.1 Å². The third-order valence-corrected chi connectivity index (χ3v) is 2.66. The maximum atomic E-state index is 9.82. The van der Waals surface area contributed by atoms with Crippen LogP contribution >= 0.6 is 23.2 Å². The highest BCUT2D eigenvalue weighted by molar-refractivity contribution is 6.40. The lowest BCUT2D eigenvalue weighted by atomic mass is 10.4. The summed E-state index contributed by atoms with van der Waals surface area (Å²) in [5, 5.41) is 9.14. The summed E-state index contributed by atoms with van der Waals surface area (Å²) < 4.78 is 5.24. The van der Waals surface area contributed by atoms with Crippen molar-refractivity contribution < 1.29 is 19.1 Å². The van der Waals surface area contributed by atoms with Crippen molar-refractivity contribution in [3.8, 4) is 0 Å². The van der Waals surface area contributed by atoms with Crippen molar-refractivity contribution in [1.29, 1.82) is 0 Å². The summed E-state index contributed by atoms with van der Waals surface area (Å²) in [6.45, 7) is 13.4. The van der Waals surface area contributed by atoms with E-state index < -0.39 is 0 Å². The van der Waals surface area contributed by atoms with Crippen molar-refractivity contribution in [2.24, 2.45) is 0 Å². The molecule has 0 aliphatic heterocycles. The zero-order valence-electron chi connectivity index (χ0n) is 12.2. The molecule has 112 valence electrons. The van der Waals surface area contributed by atoms with Crippen LogP contribution in [0.4, 0.5) is 0 Å². The van der Waals surface area contributed by atoms with E-state index in [2.05, 4.69) is 25.5 Å². The van der Waals surface area contributed by atoms with Crippen LogP contribution in [0.2, 0.25) is 0 Å². The summed E-state index contributed by atoms with van der Waals surface area (Å²) >= 11 is 9.53. The van der Waals surface area contributed by atoms with Gasteiger partial charge in [0, 0.05) is 6.92 Å². The number of carbonyl (C=O) groups is 1. The lowest BCUT2D eigenvalue weighted by molar-refractivity contribution is -0.940. The number of aliphatic hydroxyl groups is 1. The smallest absolute Gasteiger partial charge is 0.302 e. The van der Waals surface area contributed by atoms with Gasteiger partial charge in [-0.2, -0.15) is 0 Å². The van der Waals surface area contributed by atoms with Gasteiger partial charge in [0.2, 0.25) is 0 Å². The number of alkyl halides is 2. The molecule has 0 unspecified atom stereocenters. The average molecular weight is 305 g/mol. The van der Waals surface area contributed by atoms with Gasteiger partial charge in [0.25, 0.3) is 0 Å². The van der Waals surface area contributed by atoms with Crippen LogP contribution in [-0.2, 0) is 9.53 Å². The Kier molecular flexibility index (Phi) is 21.8. The Balaban J connectivity index is -0.000000216. The van der Waals surface area contributed by atoms with Gasteiger partial charge in [0.05, 0.1) is 31.6 Å². The minimum absolute atomic E-state index is 0.194. The molecule has 6 heteroatoms. The largest absolute Gasteiger partial charge is 0.466 e. The SMILES string of the molecule is CCOC(C)=O.CC[N+](CC)(CC)CO.ClCCl. The molecule has 1 N–H and O–H groups in total. The Bertz CT molecular complexity index is 159. The van der Waals surface area contributed by atoms with Crippen LogP contribution in [0, 0.1) is 0 Å². The van der Waals surface area contributed by atoms with Crippen molar-refractivity contribution in [2.45, 2.75) is 34.6 Å². The summed E-state index contributed by atoms with van der Waals surface area (Å²) in [5.41, 5.74) is 0. The van der Waals surface area contributed by atoms with Crippen LogP contribution in [0.1, 0.15) is 34.6 Å². The molecule has 0 radical (unpaired) electrons. The van der Waals surface area contributed by atoms with E-state index in [0.29, 0.717) is 6.61 Å². The third kappa shape index (κ3) is 16.0. The molecule has 4 nitrogen and oxygen atoms in total. The summed E-state index contributed by atoms with van der Waals surface area (Å²) in [4.78, 5) is 9.82. The van der Waals surface area contributed by atoms with Crippen LogP contribution < -0.4 is 0 Å². The normalized spacial score (nSPS) is 9.56. The second kappa shape index (κ2) is 17.0. The van der Waals surface area contributed by atoms with Crippen molar-refractivity contribution in [3.63, 3.8) is 0 Å². The first kappa shape index (κ1) is 23.1. The lowest BCUT2D eigenvalue weighted by Crippen LogP contribution is -2.48. The molecule has 0 aliphatic rings. The fourth-order valence-electron chi connectivity index (χ4n) is 1.17. The predicted octanol–water partition coefficient (Wildman–Crippen LogP) is 2.80. The number of ether oxygens (including phenoxy) is 1. The van der Waals surface area contributed by atoms with Crippen molar-refractivity contribution in [1.82, 2.24) is 0 Å². The van der Waals surface area contributed by atoms with Crippen LogP contribution in [0.5, 0.6) is 0 Å². The van der Waals surface area contributed by atoms with Gasteiger partial charge in [0.15, 0.2) is 6.73 Å². The lowest BCUT2D eigenvalue weighted by Gasteiger charge is -2.32. The minimum atomic E-state index is -0.211. The molecule has 0 saturated heterocycles. The zero-order chi connectivity index (χ0) is 15.0. The molecule has 0 spiro atoms. The average Bonchev–Trinajstić information content (AvgIpc) is 2.34. The fourth-order valence-corrected chi connectivity index (χ4v) is 1.17. The second-order valence-corrected chi connectivity index (χ2v) is 4.27. The highest BCUT2D eigenvalue weighted by atomic mass is 35.5. The first-order chi connectivity index (χ1) is 8.43. The first-order valence-corrected chi connectivity index (χ1v) is 7.21. The van der Waals surface area contributed by atoms with Gasteiger partial charge >= 0.3 is 5.97 Å². The van der Waals surface area contributed by atoms with Gasteiger partial charge in [-0.1, -0.05) is 0 Å². The first-order valence-electron chi connectivity index (χ1n) is 6.14. The number of hydrogen-bond donors (Lipinski definition) is 1. The number of aliphatic hydroxyl groups excluding tert-OH is 1. The van der Waals surface area contributed by atoms with E-state index in [4.69, 9.17) is 28.3 Å². The quantitative estimate of drug-likeness (QED) is 0.368. The summed E-state index contributed by atoms with van der Waals surface area (Å²) in [5.74, 6) is -0.211. The molecule has 0 bridgehead atoms. The predicted molar refractivity (Wildman–Crippen MR) is 77.8 cm³/mol. The third-order valence-electron chi connectivity index (χ3n) is 2.66. The van der Waals surface area contributed by atoms with Crippen LogP contribution in [0.15, 0.2) is 0 Å². The molecule has 0 rings (SSSR count). The molecule has 0 aromatic rings. The number of carbonyl (C=O) groups excluding carboxylic acids is 1. The Morgan fingerprint density at radius 2 is 1.44 bits per heavy atom. The van der Waals surface area contributed by atoms with Crippen molar-refractivity contribution >= 4 is 29.2 Å². The number of rotatable bonds is 5. The van der Waals surface area contributed by atoms with Gasteiger partial charge in [0.1, 0.15) is 0 Å². The minimum Gasteiger partial charge on any atom is -0.466 e. The Hall–Kier alpha value is -0.0300. The number of hydrogen-bond acceptors (Lipinski definition) is 3. The molecule has 0 aromatic heterocycles. The molecule has 0 aliphatic carbocycles. The fraction of sp³-hybridized carbons (Fsp3) is 0.917. The standard InChI is InChI=1S/C7H18NO.C4H8O2.CH2Cl2/c1-4-8(5-2,6-3)7-9;1-3-6-4(2)5;2-1-3/h9H,4-7H2,1-3H3;3H2,1-2H3;1H2/q+1;;. The molecular formula is C12H28Cl2NO3+. The van der Waals surface area contributed by atoms with E-state index in [1.807, 2.05) is 0 Å². The van der Waals surface area contributed by atoms with Crippen molar-refractivity contribution in [2.75, 3.05) is 38.3 Å². The molecule has 0 heterocycles. The maximum Gasteiger partial charge on any atom is 0.302 e. The van der Waals surface area contributed by atoms with Gasteiger partial charge in [-0.25, -0.2) is 0 Å². The van der Waals surface area contributed by atoms with E-state index in [1.165, 1.54) is 6.92 Å². The van der Waals surface area contributed by atoms with Gasteiger partial charge < -0.3 is 14.3 Å². The zero-order valence-corrected chi connectivity index (χ0v) is 13.7. The number of nitrogens with zero attached hydrogens (tertiary/aromatic N) is 1. The maximum absolute atomic E-state index is 9.82. The van der Waals surface area contributed by atoms with E-state index in [-0.39, 0.29) is 18.0 Å². The Morgan fingerprint density at radius 3 is 1.44 bits per heavy atom. The number of quaternary nitrogens is 1. The Labute approximate surface area is 121 Å². The van der Waals surface area contributed by atoms with E-state index in [9.17, 15) is 4.79 Å². The van der Waals surface area contributed by atoms with Crippen LogP contribution in [0.3, 0.4) is 0 Å². The van der Waals surface area contributed by atoms with Gasteiger partial charge in [-0.05, 0) is 27.7 Å². The van der Waals surface area contributed by atoms with Crippen molar-refractivity contribution in [3.05, 3.63) is 0 Å². The molecular weight excluding hydrogens is 277 g/mol. The highest BCUT2D eigenvalue weighted by Gasteiger charge is 2.17. The Morgan fingerprint density at radius 1 is 1.11 bits per heavy atom. The van der Waals surface area contributed by atoms with Gasteiger partial charge in [-0.3, -0.25) is 4.79 Å². The molecule has 0 saturated carbocycles. The molecule has 18 heavy (non-hydrogen) atoms. The van der Waals surface area contributed by atoms with E-state index >= 15 is 0 Å². The topological polar surface area (TPSA) is 46.5 Å². The highest BCUT2D eigenvalue weighted by Crippen LogP contribution is 2.01. The van der Waals surface area contributed by atoms with Crippen LogP contribution in [0.25, 0.3) is 0 Å². The molecule has 0 amide bonds. The van der Waals surface area contributed by atoms with E-state index in [1.54, 1.807) is 6.92 Å². The molecule has 0 atom stereocenters. The summed E-state index contributed by atoms with van der Waals surface area (Å²) in [7, 11) is 0. The molecule has 0 fully saturated rings. The van der Waals surface area contributed by atoms with Gasteiger partial charge in [-0.15, -0.1) is 23.2 Å². The summed E-state index contributed by atoms with van der Waals surface area (Å²) in [6.07, 6.45) is 0. The van der Waals surface area contributed by atoms with Crippen LogP contribution in [-0.4, -0.2) is 53.9 Å². The number of halogens is 2.